The highest BCUT2D eigenvalue weighted by Crippen LogP contribution is 2.28. The summed E-state index contributed by atoms with van der Waals surface area (Å²) in [4.78, 5) is 10.9. The predicted molar refractivity (Wildman–Crippen MR) is 52.1 cm³/mol. The zero-order valence-electron chi connectivity index (χ0n) is 5.15. The van der Waals surface area contributed by atoms with Gasteiger partial charge in [0.1, 0.15) is 4.34 Å². The van der Waals surface area contributed by atoms with Crippen molar-refractivity contribution in [3.05, 3.63) is 18.9 Å². The first kappa shape index (κ1) is 8.49. The van der Waals surface area contributed by atoms with Gasteiger partial charge in [0.2, 0.25) is 0 Å². The Kier molecular flexibility index (Phi) is 2.71. The summed E-state index contributed by atoms with van der Waals surface area (Å²) < 4.78 is 1.54. The Morgan fingerprint density at radius 2 is 2.40 bits per heavy atom. The number of thiophene rings is 1. The first-order chi connectivity index (χ1) is 4.63. The molecule has 0 aromatic carbocycles. The van der Waals surface area contributed by atoms with Gasteiger partial charge >= 0.3 is 0 Å². The number of rotatable bonds is 1. The van der Waals surface area contributed by atoms with Crippen molar-refractivity contribution >= 4 is 51.3 Å². The Bertz CT molecular complexity index is 249. The molecular weight excluding hydrogens is 282 g/mol. The average molecular weight is 287 g/mol. The van der Waals surface area contributed by atoms with Crippen LogP contribution >= 0.6 is 45.5 Å². The van der Waals surface area contributed by atoms with Crippen LogP contribution < -0.4 is 0 Å². The van der Waals surface area contributed by atoms with E-state index in [2.05, 4.69) is 22.6 Å². The van der Waals surface area contributed by atoms with Crippen LogP contribution in [0.2, 0.25) is 4.34 Å². The number of hydrogen-bond acceptors (Lipinski definition) is 2. The van der Waals surface area contributed by atoms with E-state index in [9.17, 15) is 4.79 Å². The maximum atomic E-state index is 10.9. The lowest BCUT2D eigenvalue weighted by molar-refractivity contribution is 0.101. The molecule has 4 heteroatoms. The maximum absolute atomic E-state index is 10.9. The molecule has 0 aliphatic carbocycles. The third-order valence-electron chi connectivity index (χ3n) is 1.05. The molecule has 1 heterocycles. The molecule has 0 spiro atoms. The fourth-order valence-electron chi connectivity index (χ4n) is 0.622. The minimum Gasteiger partial charge on any atom is -0.294 e. The van der Waals surface area contributed by atoms with Gasteiger partial charge in [-0.15, -0.1) is 11.3 Å². The summed E-state index contributed by atoms with van der Waals surface area (Å²) in [5.41, 5.74) is 0.660. The van der Waals surface area contributed by atoms with Crippen LogP contribution in [0, 0.1) is 3.57 Å². The van der Waals surface area contributed by atoms with Crippen LogP contribution in [-0.4, -0.2) is 5.78 Å². The van der Waals surface area contributed by atoms with Crippen LogP contribution in [0.25, 0.3) is 0 Å². The van der Waals surface area contributed by atoms with E-state index in [1.165, 1.54) is 18.3 Å². The fourth-order valence-corrected chi connectivity index (χ4v) is 3.06. The van der Waals surface area contributed by atoms with Gasteiger partial charge < -0.3 is 0 Å². The molecule has 0 aliphatic rings. The normalized spacial score (nSPS) is 9.90. The highest BCUT2D eigenvalue weighted by Gasteiger charge is 2.11. The molecule has 0 atom stereocenters. The smallest absolute Gasteiger partial charge is 0.163 e. The maximum Gasteiger partial charge on any atom is 0.163 e. The zero-order valence-corrected chi connectivity index (χ0v) is 8.88. The van der Waals surface area contributed by atoms with Crippen molar-refractivity contribution in [3.63, 3.8) is 0 Å². The van der Waals surface area contributed by atoms with Crippen LogP contribution in [0.15, 0.2) is 5.38 Å². The fraction of sp³-hybridized carbons (Fsp3) is 0.167. The molecule has 0 bridgehead atoms. The van der Waals surface area contributed by atoms with Gasteiger partial charge in [0.15, 0.2) is 5.78 Å². The van der Waals surface area contributed by atoms with Crippen molar-refractivity contribution in [2.24, 2.45) is 0 Å². The summed E-state index contributed by atoms with van der Waals surface area (Å²) in [7, 11) is 0. The molecule has 1 nitrogen and oxygen atoms in total. The lowest BCUT2D eigenvalue weighted by Gasteiger charge is -1.90. The van der Waals surface area contributed by atoms with Crippen LogP contribution in [0.3, 0.4) is 0 Å². The van der Waals surface area contributed by atoms with Crippen molar-refractivity contribution < 1.29 is 4.79 Å². The molecule has 1 rings (SSSR count). The summed E-state index contributed by atoms with van der Waals surface area (Å²) in [6.45, 7) is 1.52. The number of halogens is 2. The van der Waals surface area contributed by atoms with Gasteiger partial charge in [0.25, 0.3) is 0 Å². The van der Waals surface area contributed by atoms with Crippen molar-refractivity contribution in [1.82, 2.24) is 0 Å². The molecule has 0 saturated heterocycles. The molecule has 1 aromatic heterocycles. The third kappa shape index (κ3) is 1.52. The molecule has 10 heavy (non-hydrogen) atoms. The highest BCUT2D eigenvalue weighted by molar-refractivity contribution is 14.1. The summed E-state index contributed by atoms with van der Waals surface area (Å²) in [5, 5.41) is 1.87. The molecule has 0 fully saturated rings. The Labute approximate surface area is 81.5 Å². The monoisotopic (exact) mass is 286 g/mol. The first-order valence-electron chi connectivity index (χ1n) is 2.56. The predicted octanol–water partition coefficient (Wildman–Crippen LogP) is 3.21. The SMILES string of the molecule is CC(=O)c1c(I)csc1Cl. The Morgan fingerprint density at radius 3 is 2.60 bits per heavy atom. The van der Waals surface area contributed by atoms with Gasteiger partial charge in [-0.25, -0.2) is 0 Å². The number of hydrogen-bond donors (Lipinski definition) is 0. The number of carbonyl (C=O) groups excluding carboxylic acids is 1. The minimum atomic E-state index is 0.0376. The van der Waals surface area contributed by atoms with Crippen LogP contribution in [0.1, 0.15) is 17.3 Å². The second kappa shape index (κ2) is 3.19. The molecule has 0 N–H and O–H groups in total. The molecule has 0 amide bonds. The number of carbonyl (C=O) groups is 1. The van der Waals surface area contributed by atoms with E-state index in [-0.39, 0.29) is 5.78 Å². The number of Topliss-reactive ketones (excluding diaryl/α,β-unsaturated/α-hetero) is 1. The number of ketones is 1. The van der Waals surface area contributed by atoms with Crippen LogP contribution in [-0.2, 0) is 0 Å². The van der Waals surface area contributed by atoms with Gasteiger partial charge in [-0.05, 0) is 29.5 Å². The Morgan fingerprint density at radius 1 is 1.80 bits per heavy atom. The second-order valence-electron chi connectivity index (χ2n) is 1.79. The van der Waals surface area contributed by atoms with E-state index >= 15 is 0 Å². The van der Waals surface area contributed by atoms with Crippen molar-refractivity contribution in [1.29, 1.82) is 0 Å². The van der Waals surface area contributed by atoms with Gasteiger partial charge in [-0.2, -0.15) is 0 Å². The summed E-state index contributed by atoms with van der Waals surface area (Å²) in [6.07, 6.45) is 0. The Hall–Kier alpha value is 0.390. The standard InChI is InChI=1S/C6H4ClIOS/c1-3(9)5-4(8)2-10-6(5)7/h2H,1H3. The quantitative estimate of drug-likeness (QED) is 0.572. The van der Waals surface area contributed by atoms with Gasteiger partial charge in [-0.1, -0.05) is 11.6 Å². The Balaban J connectivity index is 3.23. The summed E-state index contributed by atoms with van der Waals surface area (Å²) in [6, 6.07) is 0. The average Bonchev–Trinajstić information content (AvgIpc) is 2.11. The molecule has 0 radical (unpaired) electrons. The summed E-state index contributed by atoms with van der Waals surface area (Å²) >= 11 is 9.23. The molecule has 0 saturated carbocycles. The van der Waals surface area contributed by atoms with E-state index in [1.807, 2.05) is 5.38 Å². The molecular formula is C6H4ClIOS. The van der Waals surface area contributed by atoms with Gasteiger partial charge in [0, 0.05) is 8.95 Å². The van der Waals surface area contributed by atoms with Crippen molar-refractivity contribution in [2.75, 3.05) is 0 Å². The topological polar surface area (TPSA) is 17.1 Å². The largest absolute Gasteiger partial charge is 0.294 e. The van der Waals surface area contributed by atoms with Gasteiger partial charge in [-0.3, -0.25) is 4.79 Å². The van der Waals surface area contributed by atoms with E-state index in [0.717, 1.165) is 3.57 Å². The molecule has 54 valence electrons. The van der Waals surface area contributed by atoms with Gasteiger partial charge in [0.05, 0.1) is 5.56 Å². The van der Waals surface area contributed by atoms with E-state index in [1.54, 1.807) is 0 Å². The molecule has 0 unspecified atom stereocenters. The third-order valence-corrected chi connectivity index (χ3v) is 3.55. The first-order valence-corrected chi connectivity index (χ1v) is 4.90. The van der Waals surface area contributed by atoms with Crippen LogP contribution in [0.4, 0.5) is 0 Å². The van der Waals surface area contributed by atoms with Crippen molar-refractivity contribution in [2.45, 2.75) is 6.92 Å². The highest BCUT2D eigenvalue weighted by atomic mass is 127. The molecule has 0 aliphatic heterocycles. The van der Waals surface area contributed by atoms with E-state index < -0.39 is 0 Å². The van der Waals surface area contributed by atoms with Crippen molar-refractivity contribution in [3.8, 4) is 0 Å². The zero-order chi connectivity index (χ0) is 7.72. The van der Waals surface area contributed by atoms with E-state index in [4.69, 9.17) is 11.6 Å². The second-order valence-corrected chi connectivity index (χ2v) is 4.43. The molecule has 1 aromatic rings. The van der Waals surface area contributed by atoms with Crippen LogP contribution in [0.5, 0.6) is 0 Å². The van der Waals surface area contributed by atoms with E-state index in [0.29, 0.717) is 9.90 Å². The summed E-state index contributed by atoms with van der Waals surface area (Å²) in [5.74, 6) is 0.0376. The lowest BCUT2D eigenvalue weighted by Crippen LogP contribution is -1.91. The lowest BCUT2D eigenvalue weighted by atomic mass is 10.2. The minimum absolute atomic E-state index is 0.0376.